The number of ether oxygens (including phenoxy) is 1. The lowest BCUT2D eigenvalue weighted by molar-refractivity contribution is 0.0529. The molecule has 1 aromatic carbocycles. The third-order valence-corrected chi connectivity index (χ3v) is 2.57. The Morgan fingerprint density at radius 2 is 2.06 bits per heavy atom. The molecule has 1 rings (SSSR count). The molecule has 0 spiro atoms. The number of hydrogen-bond acceptors (Lipinski definition) is 3. The van der Waals surface area contributed by atoms with E-state index in [1.165, 1.54) is 6.21 Å². The second-order valence-corrected chi connectivity index (χ2v) is 5.30. The molecule has 6 heteroatoms. The summed E-state index contributed by atoms with van der Waals surface area (Å²) in [4.78, 5) is 11.3. The molecule has 4 nitrogen and oxygen atoms in total. The first-order valence-corrected chi connectivity index (χ1v) is 6.01. The van der Waals surface area contributed by atoms with Gasteiger partial charge in [-0.1, -0.05) is 35.3 Å². The minimum absolute atomic E-state index is 0.383. The molecule has 0 unspecified atom stereocenters. The Bertz CT molecular complexity index is 468. The number of nitrogens with one attached hydrogen (secondary N) is 1. The van der Waals surface area contributed by atoms with Crippen LogP contribution in [0.3, 0.4) is 0 Å². The molecule has 0 saturated carbocycles. The number of hydrazone groups is 1. The first-order valence-electron chi connectivity index (χ1n) is 5.25. The third-order valence-electron chi connectivity index (χ3n) is 1.74. The monoisotopic (exact) mass is 288 g/mol. The molecule has 0 aliphatic heterocycles. The van der Waals surface area contributed by atoms with Crippen molar-refractivity contribution < 1.29 is 9.53 Å². The van der Waals surface area contributed by atoms with E-state index in [1.807, 2.05) is 0 Å². The number of carbonyl (C=O) groups is 1. The van der Waals surface area contributed by atoms with E-state index in [-0.39, 0.29) is 0 Å². The van der Waals surface area contributed by atoms with Crippen molar-refractivity contribution in [2.75, 3.05) is 0 Å². The molecule has 0 fully saturated rings. The van der Waals surface area contributed by atoms with E-state index in [2.05, 4.69) is 10.5 Å². The summed E-state index contributed by atoms with van der Waals surface area (Å²) in [6, 6.07) is 5.14. The second kappa shape index (κ2) is 6.07. The van der Waals surface area contributed by atoms with Gasteiger partial charge in [0.05, 0.1) is 16.3 Å². The first-order chi connectivity index (χ1) is 8.29. The first kappa shape index (κ1) is 14.8. The molecule has 98 valence electrons. The highest BCUT2D eigenvalue weighted by Crippen LogP contribution is 2.24. The predicted molar refractivity (Wildman–Crippen MR) is 73.4 cm³/mol. The maximum Gasteiger partial charge on any atom is 0.428 e. The lowest BCUT2D eigenvalue weighted by Crippen LogP contribution is -2.29. The highest BCUT2D eigenvalue weighted by Gasteiger charge is 2.15. The van der Waals surface area contributed by atoms with Gasteiger partial charge in [-0.15, -0.1) is 0 Å². The second-order valence-electron chi connectivity index (χ2n) is 4.51. The van der Waals surface area contributed by atoms with Gasteiger partial charge in [0.25, 0.3) is 0 Å². The summed E-state index contributed by atoms with van der Waals surface area (Å²) >= 11 is 11.8. The van der Waals surface area contributed by atoms with Crippen molar-refractivity contribution in [1.82, 2.24) is 5.43 Å². The molecule has 0 aliphatic carbocycles. The smallest absolute Gasteiger partial charge is 0.428 e. The molecule has 0 aliphatic rings. The minimum atomic E-state index is -0.628. The fourth-order valence-electron chi connectivity index (χ4n) is 1.08. The molecular weight excluding hydrogens is 275 g/mol. The van der Waals surface area contributed by atoms with Crippen LogP contribution in [0.15, 0.2) is 23.3 Å². The maximum absolute atomic E-state index is 11.3. The van der Waals surface area contributed by atoms with E-state index < -0.39 is 11.7 Å². The number of rotatable bonds is 2. The highest BCUT2D eigenvalue weighted by molar-refractivity contribution is 6.43. The van der Waals surface area contributed by atoms with Gasteiger partial charge in [-0.05, 0) is 26.8 Å². The van der Waals surface area contributed by atoms with Crippen molar-refractivity contribution in [1.29, 1.82) is 0 Å². The van der Waals surface area contributed by atoms with Crippen molar-refractivity contribution in [2.24, 2.45) is 5.10 Å². The van der Waals surface area contributed by atoms with Gasteiger partial charge < -0.3 is 4.74 Å². The zero-order chi connectivity index (χ0) is 13.8. The number of hydrogen-bond donors (Lipinski definition) is 1. The Kier molecular flexibility index (Phi) is 4.99. The Labute approximate surface area is 116 Å². The van der Waals surface area contributed by atoms with Crippen molar-refractivity contribution >= 4 is 35.5 Å². The molecule has 0 radical (unpaired) electrons. The average Bonchev–Trinajstić information content (AvgIpc) is 2.21. The minimum Gasteiger partial charge on any atom is -0.443 e. The Balaban J connectivity index is 2.61. The fraction of sp³-hybridized carbons (Fsp3) is 0.333. The van der Waals surface area contributed by atoms with Gasteiger partial charge in [0, 0.05) is 5.56 Å². The van der Waals surface area contributed by atoms with E-state index >= 15 is 0 Å². The van der Waals surface area contributed by atoms with E-state index in [0.29, 0.717) is 15.6 Å². The number of halogens is 2. The van der Waals surface area contributed by atoms with E-state index in [0.717, 1.165) is 0 Å². The van der Waals surface area contributed by atoms with Crippen molar-refractivity contribution in [2.45, 2.75) is 26.4 Å². The van der Waals surface area contributed by atoms with Crippen LogP contribution >= 0.6 is 23.2 Å². The summed E-state index contributed by atoms with van der Waals surface area (Å²) in [5, 5.41) is 4.55. The van der Waals surface area contributed by atoms with Crippen LogP contribution in [0.5, 0.6) is 0 Å². The van der Waals surface area contributed by atoms with Gasteiger partial charge in [0.2, 0.25) is 0 Å². The van der Waals surface area contributed by atoms with Gasteiger partial charge in [0.15, 0.2) is 0 Å². The molecule has 1 amide bonds. The average molecular weight is 289 g/mol. The van der Waals surface area contributed by atoms with Crippen LogP contribution in [0, 0.1) is 0 Å². The van der Waals surface area contributed by atoms with Crippen molar-refractivity contribution in [3.05, 3.63) is 33.8 Å². The van der Waals surface area contributed by atoms with Gasteiger partial charge in [0.1, 0.15) is 5.60 Å². The maximum atomic E-state index is 11.3. The number of benzene rings is 1. The van der Waals surface area contributed by atoms with Crippen LogP contribution in [0.2, 0.25) is 10.0 Å². The summed E-state index contributed by atoms with van der Waals surface area (Å²) in [7, 11) is 0. The quantitative estimate of drug-likeness (QED) is 0.664. The van der Waals surface area contributed by atoms with Crippen molar-refractivity contribution in [3.8, 4) is 0 Å². The summed E-state index contributed by atoms with van der Waals surface area (Å²) in [6.07, 6.45) is 0.773. The Morgan fingerprint density at radius 3 is 2.67 bits per heavy atom. The van der Waals surface area contributed by atoms with Gasteiger partial charge in [-0.2, -0.15) is 5.10 Å². The van der Waals surface area contributed by atoms with Crippen LogP contribution in [0.4, 0.5) is 4.79 Å². The van der Waals surface area contributed by atoms with Crippen LogP contribution in [-0.2, 0) is 4.74 Å². The van der Waals surface area contributed by atoms with E-state index in [4.69, 9.17) is 27.9 Å². The zero-order valence-corrected chi connectivity index (χ0v) is 11.8. The molecule has 0 bridgehead atoms. The summed E-state index contributed by atoms with van der Waals surface area (Å²) in [5.74, 6) is 0. The highest BCUT2D eigenvalue weighted by atomic mass is 35.5. The molecule has 0 heterocycles. The van der Waals surface area contributed by atoms with Gasteiger partial charge >= 0.3 is 6.09 Å². The molecule has 1 aromatic rings. The van der Waals surface area contributed by atoms with Gasteiger partial charge in [-0.25, -0.2) is 10.2 Å². The molecular formula is C12H14Cl2N2O2. The number of nitrogens with zero attached hydrogens (tertiary/aromatic N) is 1. The number of amides is 1. The topological polar surface area (TPSA) is 50.7 Å². The standard InChI is InChI=1S/C12H14Cl2N2O2/c1-12(2,3)18-11(17)16-15-7-8-5-4-6-9(13)10(8)14/h4-7H,1-3H3,(H,16,17)/b15-7-. The third kappa shape index (κ3) is 4.94. The van der Waals surface area contributed by atoms with Crippen LogP contribution in [0.25, 0.3) is 0 Å². The fourth-order valence-corrected chi connectivity index (χ4v) is 1.43. The number of carbonyl (C=O) groups excluding carboxylic acids is 1. The van der Waals surface area contributed by atoms with Crippen LogP contribution in [0.1, 0.15) is 26.3 Å². The van der Waals surface area contributed by atoms with Gasteiger partial charge in [-0.3, -0.25) is 0 Å². The lowest BCUT2D eigenvalue weighted by atomic mass is 10.2. The summed E-state index contributed by atoms with van der Waals surface area (Å²) in [6.45, 7) is 5.30. The molecule has 18 heavy (non-hydrogen) atoms. The summed E-state index contributed by atoms with van der Waals surface area (Å²) in [5.41, 5.74) is 2.29. The predicted octanol–water partition coefficient (Wildman–Crippen LogP) is 3.85. The SMILES string of the molecule is CC(C)(C)OC(=O)N/N=C\c1cccc(Cl)c1Cl. The largest absolute Gasteiger partial charge is 0.443 e. The lowest BCUT2D eigenvalue weighted by Gasteiger charge is -2.18. The Morgan fingerprint density at radius 1 is 1.39 bits per heavy atom. The van der Waals surface area contributed by atoms with Crippen molar-refractivity contribution in [3.63, 3.8) is 0 Å². The van der Waals surface area contributed by atoms with E-state index in [9.17, 15) is 4.79 Å². The Hall–Kier alpha value is -1.26. The van der Waals surface area contributed by atoms with Crippen LogP contribution in [-0.4, -0.2) is 17.9 Å². The van der Waals surface area contributed by atoms with E-state index in [1.54, 1.807) is 39.0 Å². The zero-order valence-electron chi connectivity index (χ0n) is 10.3. The summed E-state index contributed by atoms with van der Waals surface area (Å²) < 4.78 is 5.01. The molecule has 1 N–H and O–H groups in total. The van der Waals surface area contributed by atoms with Crippen LogP contribution < -0.4 is 5.43 Å². The molecule has 0 aromatic heterocycles. The normalized spacial score (nSPS) is 11.6. The molecule has 0 saturated heterocycles. The molecule has 0 atom stereocenters.